The van der Waals surface area contributed by atoms with Gasteiger partial charge in [-0.05, 0) is 38.1 Å². The molecule has 6 heteroatoms. The molecule has 0 amide bonds. The van der Waals surface area contributed by atoms with Crippen LogP contribution >= 0.6 is 0 Å². The maximum atomic E-state index is 5.80. The highest BCUT2D eigenvalue weighted by Crippen LogP contribution is 2.38. The number of imidazole rings is 1. The molecule has 2 aliphatic heterocycles. The summed E-state index contributed by atoms with van der Waals surface area (Å²) in [5.74, 6) is 2.59. The first-order valence-electron chi connectivity index (χ1n) is 8.83. The average Bonchev–Trinajstić information content (AvgIpc) is 3.06. The lowest BCUT2D eigenvalue weighted by Gasteiger charge is -2.26. The Kier molecular flexibility index (Phi) is 3.56. The minimum absolute atomic E-state index is 0.428. The van der Waals surface area contributed by atoms with Crippen LogP contribution in [0.2, 0.25) is 0 Å². The molecule has 2 aromatic heterocycles. The summed E-state index contributed by atoms with van der Waals surface area (Å²) < 4.78 is 13.9. The maximum Gasteiger partial charge on any atom is 0.163 e. The van der Waals surface area contributed by atoms with Gasteiger partial charge < -0.3 is 19.4 Å². The van der Waals surface area contributed by atoms with Crippen molar-refractivity contribution >= 4 is 11.0 Å². The van der Waals surface area contributed by atoms with Crippen LogP contribution in [-0.2, 0) is 0 Å². The van der Waals surface area contributed by atoms with E-state index in [4.69, 9.17) is 14.5 Å². The zero-order valence-electron chi connectivity index (χ0n) is 13.9. The smallest absolute Gasteiger partial charge is 0.163 e. The van der Waals surface area contributed by atoms with Crippen molar-refractivity contribution < 1.29 is 9.47 Å². The number of pyridine rings is 1. The minimum atomic E-state index is 0.428. The second kappa shape index (κ2) is 6.04. The number of hydrogen-bond donors (Lipinski definition) is 1. The second-order valence-corrected chi connectivity index (χ2v) is 6.51. The fourth-order valence-electron chi connectivity index (χ4n) is 3.77. The minimum Gasteiger partial charge on any atom is -0.486 e. The van der Waals surface area contributed by atoms with Gasteiger partial charge in [-0.3, -0.25) is 4.98 Å². The van der Waals surface area contributed by atoms with Crippen molar-refractivity contribution in [3.63, 3.8) is 0 Å². The highest BCUT2D eigenvalue weighted by atomic mass is 16.6. The number of nitrogens with zero attached hydrogens (tertiary/aromatic N) is 3. The van der Waals surface area contributed by atoms with Crippen LogP contribution in [0.1, 0.15) is 18.9 Å². The van der Waals surface area contributed by atoms with E-state index in [0.29, 0.717) is 19.3 Å². The monoisotopic (exact) mass is 336 g/mol. The third-order valence-corrected chi connectivity index (χ3v) is 4.97. The number of benzene rings is 1. The van der Waals surface area contributed by atoms with E-state index < -0.39 is 0 Å². The van der Waals surface area contributed by atoms with Crippen LogP contribution < -0.4 is 14.8 Å². The summed E-state index contributed by atoms with van der Waals surface area (Å²) in [5, 5.41) is 3.45. The van der Waals surface area contributed by atoms with Crippen LogP contribution in [0.15, 0.2) is 36.7 Å². The third kappa shape index (κ3) is 2.53. The summed E-state index contributed by atoms with van der Waals surface area (Å²) in [5.41, 5.74) is 3.15. The van der Waals surface area contributed by atoms with Crippen LogP contribution in [0.25, 0.3) is 22.4 Å². The summed E-state index contributed by atoms with van der Waals surface area (Å²) in [7, 11) is 0. The Labute approximate surface area is 145 Å². The molecule has 0 aliphatic carbocycles. The summed E-state index contributed by atoms with van der Waals surface area (Å²) in [6.07, 6.45) is 5.83. The predicted molar refractivity (Wildman–Crippen MR) is 95.1 cm³/mol. The van der Waals surface area contributed by atoms with E-state index >= 15 is 0 Å². The van der Waals surface area contributed by atoms with Gasteiger partial charge >= 0.3 is 0 Å². The highest BCUT2D eigenvalue weighted by Gasteiger charge is 2.24. The second-order valence-electron chi connectivity index (χ2n) is 6.51. The summed E-state index contributed by atoms with van der Waals surface area (Å²) in [6, 6.07) is 8.56. The van der Waals surface area contributed by atoms with Crippen molar-refractivity contribution in [2.24, 2.45) is 0 Å². The zero-order valence-corrected chi connectivity index (χ0v) is 13.9. The molecule has 0 unspecified atom stereocenters. The molecule has 1 aromatic carbocycles. The molecule has 0 radical (unpaired) electrons. The van der Waals surface area contributed by atoms with Crippen LogP contribution in [0.5, 0.6) is 11.5 Å². The molecule has 2 aliphatic rings. The van der Waals surface area contributed by atoms with Crippen LogP contribution in [0, 0.1) is 0 Å². The number of fused-ring (bicyclic) bond motifs is 2. The van der Waals surface area contributed by atoms with Crippen LogP contribution in [0.3, 0.4) is 0 Å². The number of rotatable bonds is 2. The molecule has 0 spiro atoms. The molecule has 0 bridgehead atoms. The van der Waals surface area contributed by atoms with Gasteiger partial charge in [-0.15, -0.1) is 0 Å². The van der Waals surface area contributed by atoms with Crippen molar-refractivity contribution in [3.8, 4) is 22.9 Å². The van der Waals surface area contributed by atoms with Gasteiger partial charge in [-0.25, -0.2) is 4.98 Å². The number of aromatic nitrogens is 3. The first-order chi connectivity index (χ1) is 12.4. The molecule has 1 fully saturated rings. The Balaban J connectivity index is 1.73. The Morgan fingerprint density at radius 2 is 1.72 bits per heavy atom. The van der Waals surface area contributed by atoms with Crippen molar-refractivity contribution in [1.82, 2.24) is 19.9 Å². The molecule has 0 atom stereocenters. The quantitative estimate of drug-likeness (QED) is 0.780. The molecule has 6 nitrogen and oxygen atoms in total. The van der Waals surface area contributed by atoms with Crippen molar-refractivity contribution in [1.29, 1.82) is 0 Å². The van der Waals surface area contributed by atoms with Gasteiger partial charge in [0.15, 0.2) is 11.5 Å². The van der Waals surface area contributed by atoms with Gasteiger partial charge in [-0.2, -0.15) is 0 Å². The number of ether oxygens (including phenoxy) is 2. The molecule has 1 saturated heterocycles. The van der Waals surface area contributed by atoms with Gasteiger partial charge in [0.1, 0.15) is 19.0 Å². The molecular formula is C19H20N4O2. The first kappa shape index (κ1) is 14.7. The van der Waals surface area contributed by atoms with Gasteiger partial charge in [0.05, 0.1) is 11.0 Å². The molecular weight excluding hydrogens is 316 g/mol. The van der Waals surface area contributed by atoms with E-state index in [1.165, 1.54) is 0 Å². The summed E-state index contributed by atoms with van der Waals surface area (Å²) >= 11 is 0. The van der Waals surface area contributed by atoms with E-state index in [2.05, 4.69) is 20.9 Å². The van der Waals surface area contributed by atoms with Crippen LogP contribution in [0.4, 0.5) is 0 Å². The van der Waals surface area contributed by atoms with Gasteiger partial charge in [-0.1, -0.05) is 0 Å². The largest absolute Gasteiger partial charge is 0.486 e. The maximum absolute atomic E-state index is 5.80. The third-order valence-electron chi connectivity index (χ3n) is 4.97. The molecule has 3 aromatic rings. The first-order valence-corrected chi connectivity index (χ1v) is 8.83. The number of hydrogen-bond acceptors (Lipinski definition) is 5. The van der Waals surface area contributed by atoms with Gasteiger partial charge in [0.25, 0.3) is 0 Å². The highest BCUT2D eigenvalue weighted by molar-refractivity contribution is 5.84. The number of piperidine rings is 1. The summed E-state index contributed by atoms with van der Waals surface area (Å²) in [4.78, 5) is 9.09. The normalized spacial score (nSPS) is 17.8. The van der Waals surface area contributed by atoms with E-state index in [-0.39, 0.29) is 0 Å². The number of nitrogens with one attached hydrogen (secondary N) is 1. The standard InChI is InChI=1S/C19H20N4O2/c1-5-20-6-2-13(1)19-22-15-11-17-18(25-10-9-24-17)12-16(15)23(19)14-3-7-21-8-4-14/h1-2,5-6,11-12,14,21H,3-4,7-10H2. The summed E-state index contributed by atoms with van der Waals surface area (Å²) in [6.45, 7) is 3.25. The molecule has 1 N–H and O–H groups in total. The fourth-order valence-corrected chi connectivity index (χ4v) is 3.77. The van der Waals surface area contributed by atoms with E-state index in [0.717, 1.165) is 59.9 Å². The lowest BCUT2D eigenvalue weighted by Crippen LogP contribution is -2.29. The van der Waals surface area contributed by atoms with E-state index in [1.54, 1.807) is 0 Å². The fraction of sp³-hybridized carbons (Fsp3) is 0.368. The average molecular weight is 336 g/mol. The SMILES string of the molecule is c1cc(-c2nc3cc4c(cc3n2C2CCNCC2)OCCO4)ccn1. The predicted octanol–water partition coefficient (Wildman–Crippen LogP) is 2.79. The van der Waals surface area contributed by atoms with E-state index in [9.17, 15) is 0 Å². The zero-order chi connectivity index (χ0) is 16.6. The van der Waals surface area contributed by atoms with Gasteiger partial charge in [0, 0.05) is 36.1 Å². The Morgan fingerprint density at radius 1 is 1.00 bits per heavy atom. The Morgan fingerprint density at radius 3 is 2.48 bits per heavy atom. The van der Waals surface area contributed by atoms with Crippen molar-refractivity contribution in [2.45, 2.75) is 18.9 Å². The Bertz CT molecular complexity index is 901. The molecule has 0 saturated carbocycles. The topological polar surface area (TPSA) is 61.2 Å². The molecule has 5 rings (SSSR count). The van der Waals surface area contributed by atoms with Gasteiger partial charge in [0.2, 0.25) is 0 Å². The Hall–Kier alpha value is -2.60. The van der Waals surface area contributed by atoms with E-state index in [1.807, 2.05) is 30.6 Å². The van der Waals surface area contributed by atoms with Crippen molar-refractivity contribution in [2.75, 3.05) is 26.3 Å². The van der Waals surface area contributed by atoms with Crippen molar-refractivity contribution in [3.05, 3.63) is 36.7 Å². The van der Waals surface area contributed by atoms with Crippen LogP contribution in [-0.4, -0.2) is 40.8 Å². The lowest BCUT2D eigenvalue weighted by molar-refractivity contribution is 0.172. The molecule has 128 valence electrons. The lowest BCUT2D eigenvalue weighted by atomic mass is 10.1. The molecule has 4 heterocycles. The molecule has 25 heavy (non-hydrogen) atoms.